The monoisotopic (exact) mass is 397 g/mol. The van der Waals surface area contributed by atoms with E-state index in [0.29, 0.717) is 6.54 Å². The number of hydrogen-bond donors (Lipinski definition) is 1. The lowest BCUT2D eigenvalue weighted by atomic mass is 9.68. The Balaban J connectivity index is 1.48. The van der Waals surface area contributed by atoms with Crippen LogP contribution in [0, 0.1) is 0 Å². The predicted octanol–water partition coefficient (Wildman–Crippen LogP) is 4.81. The van der Waals surface area contributed by atoms with Gasteiger partial charge < -0.3 is 10.6 Å². The Morgan fingerprint density at radius 3 is 2.46 bits per heavy atom. The van der Waals surface area contributed by atoms with Gasteiger partial charge in [-0.25, -0.2) is 4.79 Å². The molecule has 2 aromatic rings. The van der Waals surface area contributed by atoms with E-state index in [9.17, 15) is 4.79 Å². The zero-order valence-electron chi connectivity index (χ0n) is 16.2. The summed E-state index contributed by atoms with van der Waals surface area (Å²) in [5.74, 6) is 0. The van der Waals surface area contributed by atoms with Crippen LogP contribution >= 0.6 is 11.6 Å². The maximum atomic E-state index is 13.2. The van der Waals surface area contributed by atoms with E-state index in [4.69, 9.17) is 17.3 Å². The lowest BCUT2D eigenvalue weighted by molar-refractivity contribution is 0.131. The first-order valence-corrected chi connectivity index (χ1v) is 10.6. The fourth-order valence-corrected chi connectivity index (χ4v) is 5.02. The lowest BCUT2D eigenvalue weighted by Gasteiger charge is -2.46. The molecule has 0 radical (unpaired) electrons. The number of anilines is 1. The second kappa shape index (κ2) is 8.14. The summed E-state index contributed by atoms with van der Waals surface area (Å²) >= 11 is 6.23. The van der Waals surface area contributed by atoms with E-state index in [2.05, 4.69) is 17.0 Å². The molecule has 2 N–H and O–H groups in total. The van der Waals surface area contributed by atoms with Crippen LogP contribution in [0.25, 0.3) is 0 Å². The van der Waals surface area contributed by atoms with Gasteiger partial charge in [0.1, 0.15) is 0 Å². The molecular weight excluding hydrogens is 370 g/mol. The molecular formula is C23H28ClN3O. The molecule has 1 heterocycles. The van der Waals surface area contributed by atoms with Crippen molar-refractivity contribution in [2.45, 2.75) is 43.6 Å². The Bertz CT molecular complexity index is 818. The van der Waals surface area contributed by atoms with Gasteiger partial charge in [0.2, 0.25) is 0 Å². The molecule has 2 amide bonds. The normalized spacial score (nSPS) is 25.8. The van der Waals surface area contributed by atoms with Gasteiger partial charge in [0.25, 0.3) is 0 Å². The summed E-state index contributed by atoms with van der Waals surface area (Å²) in [4.78, 5) is 17.2. The van der Waals surface area contributed by atoms with Crippen LogP contribution in [0.5, 0.6) is 0 Å². The van der Waals surface area contributed by atoms with Gasteiger partial charge in [0.15, 0.2) is 0 Å². The molecule has 1 aliphatic carbocycles. The summed E-state index contributed by atoms with van der Waals surface area (Å²) in [5, 5.41) is 0.761. The van der Waals surface area contributed by atoms with Gasteiger partial charge in [-0.2, -0.15) is 0 Å². The number of benzene rings is 2. The minimum absolute atomic E-state index is 0.0284. The van der Waals surface area contributed by atoms with E-state index in [1.54, 1.807) is 0 Å². The van der Waals surface area contributed by atoms with Crippen molar-refractivity contribution >= 4 is 23.3 Å². The summed E-state index contributed by atoms with van der Waals surface area (Å²) < 4.78 is 0. The molecule has 4 nitrogen and oxygen atoms in total. The van der Waals surface area contributed by atoms with Crippen molar-refractivity contribution in [3.05, 3.63) is 65.2 Å². The molecule has 0 spiro atoms. The number of halogens is 1. The van der Waals surface area contributed by atoms with Crippen molar-refractivity contribution in [2.75, 3.05) is 24.5 Å². The highest BCUT2D eigenvalue weighted by atomic mass is 35.5. The van der Waals surface area contributed by atoms with Gasteiger partial charge in [-0.15, -0.1) is 0 Å². The zero-order chi connectivity index (χ0) is 19.6. The molecule has 0 atom stereocenters. The van der Waals surface area contributed by atoms with Gasteiger partial charge in [-0.05, 0) is 61.9 Å². The number of rotatable bonds is 4. The van der Waals surface area contributed by atoms with Crippen LogP contribution in [0.15, 0.2) is 54.6 Å². The number of amides is 2. The van der Waals surface area contributed by atoms with E-state index in [1.807, 2.05) is 47.4 Å². The maximum absolute atomic E-state index is 13.2. The summed E-state index contributed by atoms with van der Waals surface area (Å²) in [6.45, 7) is 2.26. The Morgan fingerprint density at radius 1 is 1.04 bits per heavy atom. The molecule has 0 aromatic heterocycles. The number of carbonyl (C=O) groups excluding carboxylic acids is 1. The second-order valence-corrected chi connectivity index (χ2v) is 8.48. The summed E-state index contributed by atoms with van der Waals surface area (Å²) in [7, 11) is 0. The van der Waals surface area contributed by atoms with Gasteiger partial charge in [0.05, 0.1) is 0 Å². The van der Waals surface area contributed by atoms with Crippen molar-refractivity contribution in [2.24, 2.45) is 5.73 Å². The first-order chi connectivity index (χ1) is 13.6. The SMILES string of the molecule is NCC1(c2cccc(Cl)c2)CCC(N2CCCN(c3ccccc3)C2=O)CC1. The van der Waals surface area contributed by atoms with Crippen molar-refractivity contribution in [3.63, 3.8) is 0 Å². The van der Waals surface area contributed by atoms with Crippen LogP contribution in [0.2, 0.25) is 5.02 Å². The van der Waals surface area contributed by atoms with E-state index < -0.39 is 0 Å². The average Bonchev–Trinajstić information content (AvgIpc) is 2.75. The van der Waals surface area contributed by atoms with Crippen molar-refractivity contribution < 1.29 is 4.79 Å². The van der Waals surface area contributed by atoms with E-state index in [0.717, 1.165) is 55.9 Å². The van der Waals surface area contributed by atoms with Crippen LogP contribution in [0.3, 0.4) is 0 Å². The fourth-order valence-electron chi connectivity index (χ4n) is 4.83. The Hall–Kier alpha value is -2.04. The van der Waals surface area contributed by atoms with Crippen LogP contribution in [-0.4, -0.2) is 36.6 Å². The van der Waals surface area contributed by atoms with Gasteiger partial charge in [0, 0.05) is 41.8 Å². The molecule has 148 valence electrons. The first kappa shape index (κ1) is 19.3. The third-order valence-electron chi connectivity index (χ3n) is 6.51. The molecule has 5 heteroatoms. The Labute approximate surface area is 172 Å². The van der Waals surface area contributed by atoms with Crippen LogP contribution in [0.1, 0.15) is 37.7 Å². The molecule has 0 unspecified atom stereocenters. The van der Waals surface area contributed by atoms with E-state index >= 15 is 0 Å². The highest BCUT2D eigenvalue weighted by Crippen LogP contribution is 2.41. The standard InChI is InChI=1S/C23H28ClN3O/c24-19-7-4-6-18(16-19)23(17-25)12-10-21(11-13-23)27-15-5-14-26(22(27)28)20-8-2-1-3-9-20/h1-4,6-9,16,21H,5,10-15,17,25H2. The number of urea groups is 1. The summed E-state index contributed by atoms with van der Waals surface area (Å²) in [5.41, 5.74) is 8.43. The second-order valence-electron chi connectivity index (χ2n) is 8.04. The summed E-state index contributed by atoms with van der Waals surface area (Å²) in [6, 6.07) is 18.5. The topological polar surface area (TPSA) is 49.6 Å². The van der Waals surface area contributed by atoms with Crippen LogP contribution in [-0.2, 0) is 5.41 Å². The molecule has 4 rings (SSSR count). The van der Waals surface area contributed by atoms with Crippen LogP contribution in [0.4, 0.5) is 10.5 Å². The van der Waals surface area contributed by atoms with Crippen LogP contribution < -0.4 is 10.6 Å². The highest BCUT2D eigenvalue weighted by Gasteiger charge is 2.40. The molecule has 0 bridgehead atoms. The largest absolute Gasteiger partial charge is 0.330 e. The number of para-hydroxylation sites is 1. The molecule has 1 aliphatic heterocycles. The molecule has 2 aliphatic rings. The number of carbonyl (C=O) groups is 1. The van der Waals surface area contributed by atoms with Gasteiger partial charge >= 0.3 is 6.03 Å². The van der Waals surface area contributed by atoms with Crippen molar-refractivity contribution in [3.8, 4) is 0 Å². The predicted molar refractivity (Wildman–Crippen MR) is 115 cm³/mol. The zero-order valence-corrected chi connectivity index (χ0v) is 16.9. The average molecular weight is 398 g/mol. The first-order valence-electron chi connectivity index (χ1n) is 10.2. The van der Waals surface area contributed by atoms with Gasteiger partial charge in [-0.3, -0.25) is 4.90 Å². The van der Waals surface area contributed by atoms with Gasteiger partial charge in [-0.1, -0.05) is 41.9 Å². The number of nitrogens with two attached hydrogens (primary N) is 1. The molecule has 2 aromatic carbocycles. The molecule has 1 saturated carbocycles. The summed E-state index contributed by atoms with van der Waals surface area (Å²) in [6.07, 6.45) is 4.96. The minimum atomic E-state index is -0.0284. The third-order valence-corrected chi connectivity index (χ3v) is 6.74. The number of nitrogens with zero attached hydrogens (tertiary/aromatic N) is 2. The van der Waals surface area contributed by atoms with Crippen molar-refractivity contribution in [1.29, 1.82) is 0 Å². The maximum Gasteiger partial charge on any atom is 0.324 e. The molecule has 2 fully saturated rings. The third kappa shape index (κ3) is 3.63. The fraction of sp³-hybridized carbons (Fsp3) is 0.435. The van der Waals surface area contributed by atoms with Crippen molar-refractivity contribution in [1.82, 2.24) is 4.90 Å². The smallest absolute Gasteiger partial charge is 0.324 e. The van der Waals surface area contributed by atoms with E-state index in [1.165, 1.54) is 5.56 Å². The molecule has 28 heavy (non-hydrogen) atoms. The highest BCUT2D eigenvalue weighted by molar-refractivity contribution is 6.30. The number of hydrogen-bond acceptors (Lipinski definition) is 2. The molecule has 1 saturated heterocycles. The minimum Gasteiger partial charge on any atom is -0.330 e. The Kier molecular flexibility index (Phi) is 5.61. The van der Waals surface area contributed by atoms with E-state index in [-0.39, 0.29) is 17.5 Å². The quantitative estimate of drug-likeness (QED) is 0.804. The lowest BCUT2D eigenvalue weighted by Crippen LogP contribution is -2.55. The Morgan fingerprint density at radius 2 is 1.79 bits per heavy atom.